The highest BCUT2D eigenvalue weighted by atomic mass is 16.6. The number of aromatic nitrogens is 1. The first-order valence-electron chi connectivity index (χ1n) is 7.66. The standard InChI is InChI=1S/C17H29N3O2/c1-13-8-9-14(12-19-13)18-10-11-20(16(2,3)4)15(21)22-17(5,6)7/h8-9,12,18H,10-11H2,1-7H3. The van der Waals surface area contributed by atoms with Crippen molar-refractivity contribution >= 4 is 11.8 Å². The highest BCUT2D eigenvalue weighted by Crippen LogP contribution is 2.18. The SMILES string of the molecule is Cc1ccc(NCCN(C(=O)OC(C)(C)C)C(C)(C)C)cn1. The van der Waals surface area contributed by atoms with E-state index in [1.165, 1.54) is 0 Å². The fourth-order valence-corrected chi connectivity index (χ4v) is 1.90. The van der Waals surface area contributed by atoms with Gasteiger partial charge in [0.1, 0.15) is 5.60 Å². The summed E-state index contributed by atoms with van der Waals surface area (Å²) in [6, 6.07) is 3.94. The Morgan fingerprint density at radius 3 is 2.32 bits per heavy atom. The number of pyridine rings is 1. The molecular formula is C17H29N3O2. The van der Waals surface area contributed by atoms with E-state index >= 15 is 0 Å². The van der Waals surface area contributed by atoms with Gasteiger partial charge in [0.25, 0.3) is 0 Å². The maximum atomic E-state index is 12.4. The van der Waals surface area contributed by atoms with Gasteiger partial charge in [0.2, 0.25) is 0 Å². The summed E-state index contributed by atoms with van der Waals surface area (Å²) in [5.41, 5.74) is 1.14. The molecule has 0 spiro atoms. The number of carbonyl (C=O) groups excluding carboxylic acids is 1. The molecule has 0 aliphatic heterocycles. The molecule has 1 heterocycles. The van der Waals surface area contributed by atoms with Crippen molar-refractivity contribution in [1.82, 2.24) is 9.88 Å². The highest BCUT2D eigenvalue weighted by Gasteiger charge is 2.30. The minimum atomic E-state index is -0.491. The van der Waals surface area contributed by atoms with E-state index in [1.54, 1.807) is 11.1 Å². The minimum Gasteiger partial charge on any atom is -0.444 e. The van der Waals surface area contributed by atoms with Crippen LogP contribution in [-0.2, 0) is 4.74 Å². The molecule has 0 radical (unpaired) electrons. The van der Waals surface area contributed by atoms with Gasteiger partial charge in [0, 0.05) is 24.3 Å². The van der Waals surface area contributed by atoms with Gasteiger partial charge in [-0.25, -0.2) is 4.79 Å². The summed E-state index contributed by atoms with van der Waals surface area (Å²) >= 11 is 0. The van der Waals surface area contributed by atoms with E-state index in [2.05, 4.69) is 10.3 Å². The number of hydrogen-bond donors (Lipinski definition) is 1. The molecule has 0 saturated carbocycles. The molecular weight excluding hydrogens is 278 g/mol. The molecule has 1 rings (SSSR count). The van der Waals surface area contributed by atoms with E-state index in [9.17, 15) is 4.79 Å². The largest absolute Gasteiger partial charge is 0.444 e. The Labute approximate surface area is 134 Å². The summed E-state index contributed by atoms with van der Waals surface area (Å²) < 4.78 is 5.49. The van der Waals surface area contributed by atoms with Gasteiger partial charge < -0.3 is 15.0 Å². The predicted molar refractivity (Wildman–Crippen MR) is 90.2 cm³/mol. The third kappa shape index (κ3) is 6.33. The molecule has 1 amide bonds. The van der Waals surface area contributed by atoms with Crippen LogP contribution in [-0.4, -0.2) is 40.2 Å². The van der Waals surface area contributed by atoms with E-state index in [4.69, 9.17) is 4.74 Å². The van der Waals surface area contributed by atoms with Crippen molar-refractivity contribution in [3.05, 3.63) is 24.0 Å². The zero-order valence-corrected chi connectivity index (χ0v) is 14.9. The molecule has 22 heavy (non-hydrogen) atoms. The van der Waals surface area contributed by atoms with Gasteiger partial charge >= 0.3 is 6.09 Å². The average Bonchev–Trinajstić information content (AvgIpc) is 2.32. The van der Waals surface area contributed by atoms with Crippen LogP contribution in [0.2, 0.25) is 0 Å². The summed E-state index contributed by atoms with van der Waals surface area (Å²) in [5, 5.41) is 3.28. The minimum absolute atomic E-state index is 0.288. The Kier molecular flexibility index (Phi) is 5.80. The van der Waals surface area contributed by atoms with Gasteiger partial charge in [0.05, 0.1) is 11.9 Å². The van der Waals surface area contributed by atoms with Crippen molar-refractivity contribution in [2.24, 2.45) is 0 Å². The van der Waals surface area contributed by atoms with E-state index in [0.29, 0.717) is 13.1 Å². The van der Waals surface area contributed by atoms with Crippen molar-refractivity contribution in [2.75, 3.05) is 18.4 Å². The second-order valence-corrected chi connectivity index (χ2v) is 7.42. The number of rotatable bonds is 4. The van der Waals surface area contributed by atoms with Crippen molar-refractivity contribution < 1.29 is 9.53 Å². The lowest BCUT2D eigenvalue weighted by molar-refractivity contribution is 0.00749. The Balaban J connectivity index is 2.62. The number of hydrogen-bond acceptors (Lipinski definition) is 4. The fourth-order valence-electron chi connectivity index (χ4n) is 1.90. The van der Waals surface area contributed by atoms with Crippen molar-refractivity contribution in [3.8, 4) is 0 Å². The van der Waals surface area contributed by atoms with E-state index in [0.717, 1.165) is 11.4 Å². The second-order valence-electron chi connectivity index (χ2n) is 7.42. The first kappa shape index (κ1) is 18.3. The first-order chi connectivity index (χ1) is 9.99. The molecule has 0 aliphatic carbocycles. The Bertz CT molecular complexity index is 484. The molecule has 0 fully saturated rings. The number of nitrogens with zero attached hydrogens (tertiary/aromatic N) is 2. The monoisotopic (exact) mass is 307 g/mol. The smallest absolute Gasteiger partial charge is 0.410 e. The van der Waals surface area contributed by atoms with Crippen LogP contribution in [0.15, 0.2) is 18.3 Å². The zero-order chi connectivity index (χ0) is 17.0. The van der Waals surface area contributed by atoms with Gasteiger partial charge in [-0.3, -0.25) is 4.98 Å². The molecule has 1 aromatic heterocycles. The van der Waals surface area contributed by atoms with E-state index < -0.39 is 5.60 Å². The van der Waals surface area contributed by atoms with Crippen LogP contribution in [0.4, 0.5) is 10.5 Å². The van der Waals surface area contributed by atoms with Crippen molar-refractivity contribution in [3.63, 3.8) is 0 Å². The average molecular weight is 307 g/mol. The maximum absolute atomic E-state index is 12.4. The van der Waals surface area contributed by atoms with Gasteiger partial charge in [-0.2, -0.15) is 0 Å². The van der Waals surface area contributed by atoms with Crippen LogP contribution in [0, 0.1) is 6.92 Å². The molecule has 124 valence electrons. The van der Waals surface area contributed by atoms with E-state index in [1.807, 2.05) is 60.6 Å². The molecule has 0 aliphatic rings. The molecule has 0 unspecified atom stereocenters. The third-order valence-electron chi connectivity index (χ3n) is 3.00. The van der Waals surface area contributed by atoms with Gasteiger partial charge in [-0.15, -0.1) is 0 Å². The zero-order valence-electron chi connectivity index (χ0n) is 14.9. The number of amides is 1. The summed E-state index contributed by atoms with van der Waals surface area (Å²) in [4.78, 5) is 18.3. The Morgan fingerprint density at radius 1 is 1.23 bits per heavy atom. The summed E-state index contributed by atoms with van der Waals surface area (Å²) in [6.45, 7) is 14.8. The van der Waals surface area contributed by atoms with Crippen LogP contribution in [0.25, 0.3) is 0 Å². The van der Waals surface area contributed by atoms with Crippen LogP contribution in [0.5, 0.6) is 0 Å². The highest BCUT2D eigenvalue weighted by molar-refractivity contribution is 5.69. The van der Waals surface area contributed by atoms with Crippen LogP contribution in [0.1, 0.15) is 47.2 Å². The second kappa shape index (κ2) is 6.99. The van der Waals surface area contributed by atoms with Gasteiger partial charge in [-0.05, 0) is 60.6 Å². The van der Waals surface area contributed by atoms with E-state index in [-0.39, 0.29) is 11.6 Å². The Hall–Kier alpha value is -1.78. The summed E-state index contributed by atoms with van der Waals surface area (Å²) in [5.74, 6) is 0. The molecule has 1 N–H and O–H groups in total. The molecule has 1 aromatic rings. The number of anilines is 1. The molecule has 5 heteroatoms. The third-order valence-corrected chi connectivity index (χ3v) is 3.00. The maximum Gasteiger partial charge on any atom is 0.410 e. The lowest BCUT2D eigenvalue weighted by Crippen LogP contribution is -2.49. The predicted octanol–water partition coefficient (Wildman–Crippen LogP) is 3.84. The number of carbonyl (C=O) groups is 1. The van der Waals surface area contributed by atoms with Gasteiger partial charge in [0.15, 0.2) is 0 Å². The summed E-state index contributed by atoms with van der Waals surface area (Å²) in [6.07, 6.45) is 1.51. The van der Waals surface area contributed by atoms with Crippen LogP contribution >= 0.6 is 0 Å². The molecule has 0 saturated heterocycles. The molecule has 5 nitrogen and oxygen atoms in total. The quantitative estimate of drug-likeness (QED) is 0.918. The Morgan fingerprint density at radius 2 is 1.86 bits per heavy atom. The first-order valence-corrected chi connectivity index (χ1v) is 7.66. The van der Waals surface area contributed by atoms with Crippen molar-refractivity contribution in [2.45, 2.75) is 59.6 Å². The van der Waals surface area contributed by atoms with Crippen molar-refractivity contribution in [1.29, 1.82) is 0 Å². The lowest BCUT2D eigenvalue weighted by Gasteiger charge is -2.37. The number of aryl methyl sites for hydroxylation is 1. The van der Waals surface area contributed by atoms with Crippen LogP contribution < -0.4 is 5.32 Å². The van der Waals surface area contributed by atoms with Crippen LogP contribution in [0.3, 0.4) is 0 Å². The van der Waals surface area contributed by atoms with Gasteiger partial charge in [-0.1, -0.05) is 0 Å². The normalized spacial score (nSPS) is 12.0. The number of nitrogens with one attached hydrogen (secondary N) is 1. The lowest BCUT2D eigenvalue weighted by atomic mass is 10.1. The molecule has 0 atom stereocenters. The topological polar surface area (TPSA) is 54.5 Å². The molecule has 0 bridgehead atoms. The fraction of sp³-hybridized carbons (Fsp3) is 0.647. The number of ether oxygens (including phenoxy) is 1. The summed E-state index contributed by atoms with van der Waals surface area (Å²) in [7, 11) is 0. The molecule has 0 aromatic carbocycles.